The van der Waals surface area contributed by atoms with Gasteiger partial charge >= 0.3 is 0 Å². The van der Waals surface area contributed by atoms with Gasteiger partial charge in [0, 0.05) is 55.9 Å². The van der Waals surface area contributed by atoms with Crippen LogP contribution in [0, 0.1) is 0 Å². The minimum atomic E-state index is -2.99. The molecule has 0 aromatic heterocycles. The van der Waals surface area contributed by atoms with Gasteiger partial charge in [-0.25, -0.2) is 8.42 Å². The number of benzene rings is 1. The molecule has 8 nitrogen and oxygen atoms in total. The standard InChI is InChI=1S/C19H28ClN5O3S.HI/c1-21-19(22-8-5-18(26)23-16-7-10-29(27,28)13-16)24-15-6-9-25(12-15)17-4-2-3-14(20)11-17;/h2-4,11,15-16H,5-10,12-13H2,1H3,(H,23,26)(H2,21,22,24);1H. The fraction of sp³-hybridized carbons (Fsp3) is 0.579. The van der Waals surface area contributed by atoms with Gasteiger partial charge in [0.05, 0.1) is 11.5 Å². The number of nitrogens with zero attached hydrogens (tertiary/aromatic N) is 2. The molecule has 0 aliphatic carbocycles. The Labute approximate surface area is 200 Å². The average Bonchev–Trinajstić information content (AvgIpc) is 3.27. The van der Waals surface area contributed by atoms with Gasteiger partial charge in [0.1, 0.15) is 0 Å². The fourth-order valence-electron chi connectivity index (χ4n) is 3.68. The quantitative estimate of drug-likeness (QED) is 0.272. The maximum Gasteiger partial charge on any atom is 0.222 e. The summed E-state index contributed by atoms with van der Waals surface area (Å²) in [5, 5.41) is 10.1. The smallest absolute Gasteiger partial charge is 0.222 e. The highest BCUT2D eigenvalue weighted by molar-refractivity contribution is 14.0. The topological polar surface area (TPSA) is 103 Å². The van der Waals surface area contributed by atoms with Gasteiger partial charge in [-0.15, -0.1) is 24.0 Å². The van der Waals surface area contributed by atoms with E-state index in [-0.39, 0.29) is 59.9 Å². The van der Waals surface area contributed by atoms with Crippen LogP contribution in [0.1, 0.15) is 19.3 Å². The lowest BCUT2D eigenvalue weighted by Gasteiger charge is -2.20. The van der Waals surface area contributed by atoms with Gasteiger partial charge in [0.2, 0.25) is 5.91 Å². The number of hydrogen-bond donors (Lipinski definition) is 3. The first-order valence-corrected chi connectivity index (χ1v) is 12.0. The third-order valence-corrected chi connectivity index (χ3v) is 7.17. The zero-order valence-electron chi connectivity index (χ0n) is 16.9. The van der Waals surface area contributed by atoms with E-state index in [0.29, 0.717) is 18.9 Å². The van der Waals surface area contributed by atoms with Crippen LogP contribution in [0.4, 0.5) is 5.69 Å². The molecule has 3 N–H and O–H groups in total. The number of nitrogens with one attached hydrogen (secondary N) is 3. The maximum atomic E-state index is 12.0. The van der Waals surface area contributed by atoms with E-state index in [1.165, 1.54) is 0 Å². The number of carbonyl (C=O) groups is 1. The fourth-order valence-corrected chi connectivity index (χ4v) is 5.53. The molecule has 0 saturated carbocycles. The molecule has 2 saturated heterocycles. The molecule has 2 atom stereocenters. The Bertz CT molecular complexity index is 867. The van der Waals surface area contributed by atoms with Crippen molar-refractivity contribution in [1.82, 2.24) is 16.0 Å². The van der Waals surface area contributed by atoms with Gasteiger partial charge < -0.3 is 20.9 Å². The van der Waals surface area contributed by atoms with Crippen LogP contribution in [0.15, 0.2) is 29.3 Å². The molecular weight excluding hydrogens is 541 g/mol. The van der Waals surface area contributed by atoms with Crippen molar-refractivity contribution in [2.24, 2.45) is 4.99 Å². The molecule has 2 heterocycles. The van der Waals surface area contributed by atoms with E-state index in [2.05, 4.69) is 31.9 Å². The molecule has 2 aliphatic heterocycles. The van der Waals surface area contributed by atoms with Crippen LogP contribution >= 0.6 is 35.6 Å². The summed E-state index contributed by atoms with van der Waals surface area (Å²) in [6.07, 6.45) is 1.73. The van der Waals surface area contributed by atoms with Crippen molar-refractivity contribution in [3.8, 4) is 0 Å². The molecule has 168 valence electrons. The largest absolute Gasteiger partial charge is 0.369 e. The van der Waals surface area contributed by atoms with E-state index in [1.54, 1.807) is 7.05 Å². The number of halogens is 2. The van der Waals surface area contributed by atoms with Crippen molar-refractivity contribution in [2.45, 2.75) is 31.3 Å². The maximum absolute atomic E-state index is 12.0. The van der Waals surface area contributed by atoms with Crippen LogP contribution < -0.4 is 20.9 Å². The monoisotopic (exact) mass is 569 g/mol. The van der Waals surface area contributed by atoms with Crippen LogP contribution in [0.2, 0.25) is 5.02 Å². The highest BCUT2D eigenvalue weighted by atomic mass is 127. The van der Waals surface area contributed by atoms with E-state index in [1.807, 2.05) is 18.2 Å². The lowest BCUT2D eigenvalue weighted by atomic mass is 10.2. The van der Waals surface area contributed by atoms with E-state index in [0.717, 1.165) is 30.2 Å². The summed E-state index contributed by atoms with van der Waals surface area (Å²) in [5.41, 5.74) is 1.11. The zero-order chi connectivity index (χ0) is 20.9. The summed E-state index contributed by atoms with van der Waals surface area (Å²) in [6, 6.07) is 7.81. The van der Waals surface area contributed by atoms with Gasteiger partial charge in [-0.3, -0.25) is 9.79 Å². The third kappa shape index (κ3) is 7.45. The Kier molecular flexibility index (Phi) is 9.48. The van der Waals surface area contributed by atoms with E-state index in [4.69, 9.17) is 11.6 Å². The number of guanidine groups is 1. The normalized spacial score (nSPS) is 23.0. The molecule has 1 aromatic rings. The van der Waals surface area contributed by atoms with Crippen LogP contribution in [-0.4, -0.2) is 70.6 Å². The molecule has 0 spiro atoms. The second kappa shape index (κ2) is 11.4. The number of anilines is 1. The highest BCUT2D eigenvalue weighted by Crippen LogP contribution is 2.23. The number of hydrogen-bond acceptors (Lipinski definition) is 5. The second-order valence-corrected chi connectivity index (χ2v) is 10.1. The molecule has 1 amide bonds. The predicted octanol–water partition coefficient (Wildman–Crippen LogP) is 1.40. The lowest BCUT2D eigenvalue weighted by molar-refractivity contribution is -0.121. The summed E-state index contributed by atoms with van der Waals surface area (Å²) in [5.74, 6) is 0.697. The molecule has 11 heteroatoms. The molecule has 0 radical (unpaired) electrons. The molecule has 30 heavy (non-hydrogen) atoms. The molecule has 2 aliphatic rings. The molecular formula is C19H29ClIN5O3S. The SMILES string of the molecule is CN=C(NCCC(=O)NC1CCS(=O)(=O)C1)NC1CCN(c2cccc(Cl)c2)C1.I. The summed E-state index contributed by atoms with van der Waals surface area (Å²) >= 11 is 6.08. The Hall–Kier alpha value is -1.27. The first kappa shape index (κ1) is 25.0. The number of sulfone groups is 1. The first-order chi connectivity index (χ1) is 13.8. The van der Waals surface area contributed by atoms with Crippen molar-refractivity contribution in [2.75, 3.05) is 43.1 Å². The van der Waals surface area contributed by atoms with Crippen molar-refractivity contribution >= 4 is 63.0 Å². The average molecular weight is 570 g/mol. The van der Waals surface area contributed by atoms with Gasteiger partial charge in [0.15, 0.2) is 15.8 Å². The summed E-state index contributed by atoms with van der Waals surface area (Å²) < 4.78 is 22.9. The minimum absolute atomic E-state index is 0. The highest BCUT2D eigenvalue weighted by Gasteiger charge is 2.28. The van der Waals surface area contributed by atoms with E-state index < -0.39 is 9.84 Å². The van der Waals surface area contributed by atoms with Gasteiger partial charge in [0.25, 0.3) is 0 Å². The molecule has 0 bridgehead atoms. The van der Waals surface area contributed by atoms with Crippen molar-refractivity contribution in [1.29, 1.82) is 0 Å². The number of carbonyl (C=O) groups excluding carboxylic acids is 1. The van der Waals surface area contributed by atoms with Gasteiger partial charge in [-0.1, -0.05) is 17.7 Å². The second-order valence-electron chi connectivity index (χ2n) is 7.47. The van der Waals surface area contributed by atoms with Crippen LogP contribution in [0.3, 0.4) is 0 Å². The molecule has 1 aromatic carbocycles. The van der Waals surface area contributed by atoms with Crippen LogP contribution in [0.5, 0.6) is 0 Å². The Balaban J connectivity index is 0.00000320. The van der Waals surface area contributed by atoms with Crippen molar-refractivity contribution in [3.63, 3.8) is 0 Å². The minimum Gasteiger partial charge on any atom is -0.369 e. The number of aliphatic imine (C=N–C) groups is 1. The number of rotatable bonds is 6. The molecule has 3 rings (SSSR count). The zero-order valence-corrected chi connectivity index (χ0v) is 20.8. The van der Waals surface area contributed by atoms with E-state index in [9.17, 15) is 13.2 Å². The summed E-state index contributed by atoms with van der Waals surface area (Å²) in [4.78, 5) is 18.5. The van der Waals surface area contributed by atoms with Crippen LogP contribution in [-0.2, 0) is 14.6 Å². The Morgan fingerprint density at radius 2 is 2.07 bits per heavy atom. The predicted molar refractivity (Wildman–Crippen MR) is 132 cm³/mol. The van der Waals surface area contributed by atoms with Crippen molar-refractivity contribution in [3.05, 3.63) is 29.3 Å². The van der Waals surface area contributed by atoms with Crippen molar-refractivity contribution < 1.29 is 13.2 Å². The van der Waals surface area contributed by atoms with Gasteiger partial charge in [-0.05, 0) is 31.0 Å². The Morgan fingerprint density at radius 3 is 2.73 bits per heavy atom. The van der Waals surface area contributed by atoms with E-state index >= 15 is 0 Å². The summed E-state index contributed by atoms with van der Waals surface area (Å²) in [6.45, 7) is 2.20. The molecule has 2 unspecified atom stereocenters. The molecule has 2 fully saturated rings. The Morgan fingerprint density at radius 1 is 1.27 bits per heavy atom. The third-order valence-electron chi connectivity index (χ3n) is 5.17. The van der Waals surface area contributed by atoms with Crippen LogP contribution in [0.25, 0.3) is 0 Å². The lowest BCUT2D eigenvalue weighted by Crippen LogP contribution is -2.45. The number of amides is 1. The summed E-state index contributed by atoms with van der Waals surface area (Å²) in [7, 11) is -1.29. The van der Waals surface area contributed by atoms with Gasteiger partial charge in [-0.2, -0.15) is 0 Å². The first-order valence-electron chi connectivity index (χ1n) is 9.82.